The number of hydrogen-bond donors (Lipinski definition) is 0. The average molecular weight is 954 g/mol. The van der Waals surface area contributed by atoms with E-state index in [1.54, 1.807) is 0 Å². The molecule has 1 heteroatoms. The first kappa shape index (κ1) is 44.2. The summed E-state index contributed by atoms with van der Waals surface area (Å²) in [5.41, 5.74) is 24.7. The van der Waals surface area contributed by atoms with Crippen molar-refractivity contribution in [2.75, 3.05) is 4.90 Å². The molecule has 0 fully saturated rings. The zero-order valence-electron chi connectivity index (χ0n) is 41.4. The Morgan fingerprint density at radius 3 is 1.04 bits per heavy atom. The summed E-state index contributed by atoms with van der Waals surface area (Å²) >= 11 is 0. The highest BCUT2D eigenvalue weighted by atomic mass is 15.1. The lowest BCUT2D eigenvalue weighted by Crippen LogP contribution is -2.28. The van der Waals surface area contributed by atoms with Crippen molar-refractivity contribution in [2.24, 2.45) is 0 Å². The molecule has 0 spiro atoms. The lowest BCUT2D eigenvalue weighted by atomic mass is 9.67. The minimum Gasteiger partial charge on any atom is -0.310 e. The number of nitrogens with zero attached hydrogens (tertiary/aromatic N) is 1. The van der Waals surface area contributed by atoms with Crippen LogP contribution in [0.25, 0.3) is 55.6 Å². The van der Waals surface area contributed by atoms with Gasteiger partial charge in [0.15, 0.2) is 0 Å². The van der Waals surface area contributed by atoms with Crippen molar-refractivity contribution in [2.45, 2.75) is 10.8 Å². The summed E-state index contributed by atoms with van der Waals surface area (Å²) in [5.74, 6) is 0. The van der Waals surface area contributed by atoms with Crippen LogP contribution in [0, 0.1) is 0 Å². The Morgan fingerprint density at radius 2 is 0.533 bits per heavy atom. The second kappa shape index (κ2) is 18.2. The first-order valence-electron chi connectivity index (χ1n) is 26.1. The maximum absolute atomic E-state index is 2.47. The van der Waals surface area contributed by atoms with Crippen molar-refractivity contribution in [3.63, 3.8) is 0 Å². The summed E-state index contributed by atoms with van der Waals surface area (Å²) in [5, 5.41) is 0. The molecule has 2 aliphatic carbocycles. The molecule has 0 amide bonds. The van der Waals surface area contributed by atoms with Gasteiger partial charge in [0.1, 0.15) is 0 Å². The van der Waals surface area contributed by atoms with Gasteiger partial charge in [0.2, 0.25) is 0 Å². The third-order valence-corrected chi connectivity index (χ3v) is 16.1. The summed E-state index contributed by atoms with van der Waals surface area (Å²) in [7, 11) is 0. The number of hydrogen-bond acceptors (Lipinski definition) is 1. The van der Waals surface area contributed by atoms with Crippen LogP contribution in [0.1, 0.15) is 44.5 Å². The monoisotopic (exact) mass is 953 g/mol. The molecular formula is C74H51N. The van der Waals surface area contributed by atoms with E-state index in [2.05, 4.69) is 314 Å². The van der Waals surface area contributed by atoms with Gasteiger partial charge >= 0.3 is 0 Å². The Hall–Kier alpha value is -9.56. The Kier molecular flexibility index (Phi) is 10.7. The maximum Gasteiger partial charge on any atom is 0.0714 e. The van der Waals surface area contributed by atoms with E-state index >= 15 is 0 Å². The van der Waals surface area contributed by atoms with Gasteiger partial charge in [0, 0.05) is 17.1 Å². The van der Waals surface area contributed by atoms with Crippen LogP contribution in [-0.2, 0) is 10.8 Å². The van der Waals surface area contributed by atoms with Gasteiger partial charge in [-0.05, 0) is 137 Å². The molecule has 0 aliphatic heterocycles. The van der Waals surface area contributed by atoms with Gasteiger partial charge in [-0.1, -0.05) is 273 Å². The first-order chi connectivity index (χ1) is 37.2. The normalized spacial score (nSPS) is 13.3. The second-order valence-corrected chi connectivity index (χ2v) is 19.9. The molecule has 1 nitrogen and oxygen atoms in total. The Bertz CT molecular complexity index is 3920. The van der Waals surface area contributed by atoms with Crippen LogP contribution >= 0.6 is 0 Å². The first-order valence-corrected chi connectivity index (χ1v) is 26.1. The van der Waals surface area contributed by atoms with Crippen LogP contribution in [0.4, 0.5) is 17.1 Å². The molecule has 2 aliphatic rings. The Balaban J connectivity index is 0.929. The number of anilines is 3. The van der Waals surface area contributed by atoms with Crippen molar-refractivity contribution in [3.8, 4) is 55.6 Å². The fraction of sp³-hybridized carbons (Fsp3) is 0.0270. The predicted molar refractivity (Wildman–Crippen MR) is 312 cm³/mol. The molecular weight excluding hydrogens is 903 g/mol. The maximum atomic E-state index is 2.47. The molecule has 0 heterocycles. The fourth-order valence-corrected chi connectivity index (χ4v) is 12.8. The highest BCUT2D eigenvalue weighted by molar-refractivity contribution is 5.96. The molecule has 12 aromatic carbocycles. The third kappa shape index (κ3) is 7.00. The van der Waals surface area contributed by atoms with Gasteiger partial charge in [-0.15, -0.1) is 0 Å². The Labute approximate surface area is 440 Å². The molecule has 0 aromatic heterocycles. The largest absolute Gasteiger partial charge is 0.310 e. The number of rotatable bonds is 10. The Morgan fingerprint density at radius 1 is 0.200 bits per heavy atom. The highest BCUT2D eigenvalue weighted by Crippen LogP contribution is 2.60. The van der Waals surface area contributed by atoms with Gasteiger partial charge in [-0.2, -0.15) is 0 Å². The van der Waals surface area contributed by atoms with Gasteiger partial charge in [0.05, 0.1) is 10.8 Å². The molecule has 0 N–H and O–H groups in total. The molecule has 0 bridgehead atoms. The number of benzene rings is 12. The van der Waals surface area contributed by atoms with E-state index in [0.717, 1.165) is 17.1 Å². The molecule has 0 saturated heterocycles. The molecule has 0 saturated carbocycles. The molecule has 14 rings (SSSR count). The van der Waals surface area contributed by atoms with Crippen LogP contribution in [0.5, 0.6) is 0 Å². The van der Waals surface area contributed by atoms with Gasteiger partial charge in [0.25, 0.3) is 0 Å². The van der Waals surface area contributed by atoms with Crippen molar-refractivity contribution >= 4 is 17.1 Å². The number of fused-ring (bicyclic) bond motifs is 6. The average Bonchev–Trinajstić information content (AvgIpc) is 4.06. The van der Waals surface area contributed by atoms with Crippen molar-refractivity contribution in [3.05, 3.63) is 354 Å². The van der Waals surface area contributed by atoms with E-state index in [4.69, 9.17) is 0 Å². The van der Waals surface area contributed by atoms with E-state index in [0.29, 0.717) is 0 Å². The minimum absolute atomic E-state index is 0.473. The summed E-state index contributed by atoms with van der Waals surface area (Å²) in [6.45, 7) is 0. The van der Waals surface area contributed by atoms with Crippen molar-refractivity contribution in [1.29, 1.82) is 0 Å². The molecule has 0 unspecified atom stereocenters. The summed E-state index contributed by atoms with van der Waals surface area (Å²) in [6, 6.07) is 114. The van der Waals surface area contributed by atoms with Crippen LogP contribution in [0.15, 0.2) is 309 Å². The van der Waals surface area contributed by atoms with Gasteiger partial charge < -0.3 is 4.90 Å². The van der Waals surface area contributed by atoms with E-state index < -0.39 is 10.8 Å². The summed E-state index contributed by atoms with van der Waals surface area (Å²) in [4.78, 5) is 2.44. The van der Waals surface area contributed by atoms with Crippen molar-refractivity contribution in [1.82, 2.24) is 0 Å². The van der Waals surface area contributed by atoms with E-state index in [-0.39, 0.29) is 0 Å². The van der Waals surface area contributed by atoms with Crippen LogP contribution in [0.2, 0.25) is 0 Å². The molecule has 0 atom stereocenters. The molecule has 75 heavy (non-hydrogen) atoms. The third-order valence-electron chi connectivity index (χ3n) is 16.1. The van der Waals surface area contributed by atoms with Gasteiger partial charge in [-0.25, -0.2) is 0 Å². The van der Waals surface area contributed by atoms with Crippen LogP contribution < -0.4 is 4.90 Å². The molecule has 0 radical (unpaired) electrons. The smallest absolute Gasteiger partial charge is 0.0714 e. The van der Waals surface area contributed by atoms with E-state index in [9.17, 15) is 0 Å². The SMILES string of the molecule is c1ccc(-c2ccc(-c3ccc(N(c4ccc(-c5cccc6c5-c5ccccc5C6(c5ccccc5)c5ccccc5)cc4)c4ccc5c(c4)C(c4ccccc4)(c4ccccc4)c4ccccc4-5)cc3)cc2)cc1. The minimum atomic E-state index is -0.533. The molecule has 352 valence electrons. The topological polar surface area (TPSA) is 3.24 Å². The standard InChI is InChI=1S/C74H51N/c1-6-21-52(22-7-1)53-37-39-54(40-38-53)55-41-45-61(46-42-55)75(63-49-50-66-65-31-16-18-34-68(65)74(71(66)51-63,59-27-12-4-13-28-59)60-29-14-5-15-30-60)62-47-43-56(44-48-62)64-33-20-36-70-72(64)67-32-17-19-35-69(67)73(70,57-23-8-2-9-24-57)58-25-10-3-11-26-58/h1-51H. The zero-order chi connectivity index (χ0) is 49.8. The second-order valence-electron chi connectivity index (χ2n) is 19.9. The lowest BCUT2D eigenvalue weighted by Gasteiger charge is -2.35. The van der Waals surface area contributed by atoms with Crippen LogP contribution in [-0.4, -0.2) is 0 Å². The predicted octanol–water partition coefficient (Wildman–Crippen LogP) is 18.9. The lowest BCUT2D eigenvalue weighted by molar-refractivity contribution is 0.768. The fourth-order valence-electron chi connectivity index (χ4n) is 12.8. The highest BCUT2D eigenvalue weighted by Gasteiger charge is 2.48. The van der Waals surface area contributed by atoms with E-state index in [1.165, 1.54) is 100 Å². The summed E-state index contributed by atoms with van der Waals surface area (Å²) in [6.07, 6.45) is 0. The quantitative estimate of drug-likeness (QED) is 0.132. The summed E-state index contributed by atoms with van der Waals surface area (Å²) < 4.78 is 0. The van der Waals surface area contributed by atoms with Crippen LogP contribution in [0.3, 0.4) is 0 Å². The van der Waals surface area contributed by atoms with E-state index in [1.807, 2.05) is 0 Å². The van der Waals surface area contributed by atoms with Crippen molar-refractivity contribution < 1.29 is 0 Å². The zero-order valence-corrected chi connectivity index (χ0v) is 41.4. The van der Waals surface area contributed by atoms with Gasteiger partial charge in [-0.3, -0.25) is 0 Å². The molecule has 12 aromatic rings.